The molecule has 1 aliphatic rings. The number of amides is 2. The summed E-state index contributed by atoms with van der Waals surface area (Å²) in [5, 5.41) is 13.5. The molecule has 3 rings (SSSR count). The van der Waals surface area contributed by atoms with Gasteiger partial charge < -0.3 is 10.6 Å². The number of hydrogen-bond donors (Lipinski definition) is 2. The van der Waals surface area contributed by atoms with Gasteiger partial charge >= 0.3 is 0 Å². The van der Waals surface area contributed by atoms with E-state index in [2.05, 4.69) is 20.8 Å². The zero-order valence-electron chi connectivity index (χ0n) is 14.8. The third-order valence-corrected chi connectivity index (χ3v) is 5.17. The van der Waals surface area contributed by atoms with Crippen molar-refractivity contribution in [3.63, 3.8) is 0 Å². The maximum Gasteiger partial charge on any atom is 0.240 e. The first-order chi connectivity index (χ1) is 13.4. The lowest BCUT2D eigenvalue weighted by molar-refractivity contribution is -0.122. The molecule has 2 N–H and O–H groups in total. The number of nitrogens with one attached hydrogen (secondary N) is 2. The lowest BCUT2D eigenvalue weighted by Crippen LogP contribution is -2.28. The van der Waals surface area contributed by atoms with E-state index in [9.17, 15) is 14.0 Å². The molecule has 1 unspecified atom stereocenters. The zero-order valence-corrected chi connectivity index (χ0v) is 16.4. The Morgan fingerprint density at radius 3 is 2.68 bits per heavy atom. The highest BCUT2D eigenvalue weighted by Gasteiger charge is 2.32. The number of thioether (sulfide) groups is 1. The Morgan fingerprint density at radius 2 is 1.96 bits per heavy atom. The van der Waals surface area contributed by atoms with E-state index in [4.69, 9.17) is 11.6 Å². The first kappa shape index (κ1) is 20.0. The van der Waals surface area contributed by atoms with E-state index >= 15 is 0 Å². The van der Waals surface area contributed by atoms with Crippen molar-refractivity contribution < 1.29 is 14.0 Å². The number of carbonyl (C=O) groups is 2. The van der Waals surface area contributed by atoms with Crippen molar-refractivity contribution in [2.45, 2.75) is 18.6 Å². The molecule has 0 spiro atoms. The van der Waals surface area contributed by atoms with Crippen LogP contribution in [0.2, 0.25) is 5.02 Å². The SMILES string of the molecule is CC(=NN=C1NC(=O)C(CC(=O)Nc2ccccc2F)S1)c1ccc(Cl)cc1. The van der Waals surface area contributed by atoms with Crippen molar-refractivity contribution in [1.82, 2.24) is 5.32 Å². The number of carbonyl (C=O) groups excluding carboxylic acids is 2. The maximum atomic E-state index is 13.6. The molecule has 1 saturated heterocycles. The Hall–Kier alpha value is -2.71. The van der Waals surface area contributed by atoms with Gasteiger partial charge in [-0.05, 0) is 36.8 Å². The Kier molecular flexibility index (Phi) is 6.43. The van der Waals surface area contributed by atoms with Gasteiger partial charge in [0, 0.05) is 11.4 Å². The average molecular weight is 419 g/mol. The molecule has 0 bridgehead atoms. The smallest absolute Gasteiger partial charge is 0.240 e. The van der Waals surface area contributed by atoms with E-state index in [0.717, 1.165) is 17.3 Å². The fraction of sp³-hybridized carbons (Fsp3) is 0.158. The minimum Gasteiger partial charge on any atom is -0.324 e. The third kappa shape index (κ3) is 5.17. The van der Waals surface area contributed by atoms with E-state index in [1.807, 2.05) is 12.1 Å². The summed E-state index contributed by atoms with van der Waals surface area (Å²) in [5.41, 5.74) is 1.58. The summed E-state index contributed by atoms with van der Waals surface area (Å²) < 4.78 is 13.6. The second-order valence-electron chi connectivity index (χ2n) is 5.93. The largest absolute Gasteiger partial charge is 0.324 e. The Balaban J connectivity index is 1.60. The molecule has 0 radical (unpaired) electrons. The topological polar surface area (TPSA) is 82.9 Å². The van der Waals surface area contributed by atoms with Crippen LogP contribution in [0, 0.1) is 5.82 Å². The van der Waals surface area contributed by atoms with Crippen molar-refractivity contribution in [1.29, 1.82) is 0 Å². The van der Waals surface area contributed by atoms with Gasteiger partial charge in [0.1, 0.15) is 11.1 Å². The molecule has 2 aromatic rings. The average Bonchev–Trinajstić information content (AvgIpc) is 3.01. The van der Waals surface area contributed by atoms with E-state index in [0.29, 0.717) is 15.9 Å². The molecule has 28 heavy (non-hydrogen) atoms. The standard InChI is InChI=1S/C19H16ClFN4O2S/c1-11(12-6-8-13(20)9-7-12)24-25-19-23-18(27)16(28-19)10-17(26)22-15-5-3-2-4-14(15)21/h2-9,16H,10H2,1H3,(H,22,26)(H,23,25,27). The highest BCUT2D eigenvalue weighted by Crippen LogP contribution is 2.23. The van der Waals surface area contributed by atoms with Gasteiger partial charge in [0.2, 0.25) is 11.8 Å². The van der Waals surface area contributed by atoms with Gasteiger partial charge in [0.05, 0.1) is 11.4 Å². The van der Waals surface area contributed by atoms with Crippen LogP contribution in [0.1, 0.15) is 18.9 Å². The number of nitrogens with zero attached hydrogens (tertiary/aromatic N) is 2. The van der Waals surface area contributed by atoms with Crippen molar-refractivity contribution in [2.75, 3.05) is 5.32 Å². The minimum atomic E-state index is -0.656. The van der Waals surface area contributed by atoms with E-state index in [1.54, 1.807) is 25.1 Å². The predicted octanol–water partition coefficient (Wildman–Crippen LogP) is 3.82. The van der Waals surface area contributed by atoms with Gasteiger partial charge in [-0.15, -0.1) is 5.10 Å². The second kappa shape index (κ2) is 8.99. The lowest BCUT2D eigenvalue weighted by atomic mass is 10.1. The molecule has 0 aliphatic carbocycles. The fourth-order valence-corrected chi connectivity index (χ4v) is 3.43. The van der Waals surface area contributed by atoms with Crippen molar-refractivity contribution in [3.8, 4) is 0 Å². The molecule has 2 aromatic carbocycles. The van der Waals surface area contributed by atoms with Crippen LogP contribution in [-0.4, -0.2) is 27.9 Å². The Labute approximate surface area is 170 Å². The zero-order chi connectivity index (χ0) is 20.1. The van der Waals surface area contributed by atoms with Gasteiger partial charge in [-0.3, -0.25) is 9.59 Å². The van der Waals surface area contributed by atoms with Gasteiger partial charge in [0.15, 0.2) is 5.17 Å². The van der Waals surface area contributed by atoms with Crippen LogP contribution in [0.15, 0.2) is 58.7 Å². The first-order valence-corrected chi connectivity index (χ1v) is 9.58. The normalized spacial score (nSPS) is 18.2. The molecule has 9 heteroatoms. The van der Waals surface area contributed by atoms with Crippen LogP contribution < -0.4 is 10.6 Å². The Morgan fingerprint density at radius 1 is 1.25 bits per heavy atom. The van der Waals surface area contributed by atoms with E-state index in [-0.39, 0.29) is 18.0 Å². The number of para-hydroxylation sites is 1. The van der Waals surface area contributed by atoms with Gasteiger partial charge in [-0.1, -0.05) is 47.6 Å². The van der Waals surface area contributed by atoms with Gasteiger partial charge in [-0.2, -0.15) is 5.10 Å². The highest BCUT2D eigenvalue weighted by molar-refractivity contribution is 8.15. The molecule has 144 valence electrons. The Bertz CT molecular complexity index is 963. The van der Waals surface area contributed by atoms with Crippen LogP contribution in [0.3, 0.4) is 0 Å². The molecular weight excluding hydrogens is 403 g/mol. The summed E-state index contributed by atoms with van der Waals surface area (Å²) in [4.78, 5) is 24.2. The summed E-state index contributed by atoms with van der Waals surface area (Å²) in [6.45, 7) is 1.79. The highest BCUT2D eigenvalue weighted by atomic mass is 35.5. The van der Waals surface area contributed by atoms with E-state index < -0.39 is 17.0 Å². The number of halogens is 2. The second-order valence-corrected chi connectivity index (χ2v) is 7.55. The van der Waals surface area contributed by atoms with Crippen LogP contribution in [0.4, 0.5) is 10.1 Å². The van der Waals surface area contributed by atoms with Crippen LogP contribution in [-0.2, 0) is 9.59 Å². The molecule has 0 aromatic heterocycles. The lowest BCUT2D eigenvalue weighted by Gasteiger charge is -2.07. The number of anilines is 1. The molecular formula is C19H16ClFN4O2S. The number of amidine groups is 1. The maximum absolute atomic E-state index is 13.6. The summed E-state index contributed by atoms with van der Waals surface area (Å²) >= 11 is 6.97. The third-order valence-electron chi connectivity index (χ3n) is 3.85. The monoisotopic (exact) mass is 418 g/mol. The summed E-state index contributed by atoms with van der Waals surface area (Å²) in [7, 11) is 0. The number of hydrogen-bond acceptors (Lipinski definition) is 5. The molecule has 1 fully saturated rings. The predicted molar refractivity (Wildman–Crippen MR) is 110 cm³/mol. The molecule has 0 saturated carbocycles. The summed E-state index contributed by atoms with van der Waals surface area (Å²) in [6.07, 6.45) is -0.107. The number of rotatable bonds is 5. The van der Waals surface area contributed by atoms with Crippen LogP contribution >= 0.6 is 23.4 Å². The molecule has 1 atom stereocenters. The first-order valence-electron chi connectivity index (χ1n) is 8.32. The van der Waals surface area contributed by atoms with E-state index in [1.165, 1.54) is 18.2 Å². The summed E-state index contributed by atoms with van der Waals surface area (Å²) in [5.74, 6) is -1.33. The van der Waals surface area contributed by atoms with Crippen molar-refractivity contribution in [3.05, 3.63) is 64.9 Å². The van der Waals surface area contributed by atoms with Crippen LogP contribution in [0.25, 0.3) is 0 Å². The molecule has 1 aliphatic heterocycles. The minimum absolute atomic E-state index is 0.0768. The van der Waals surface area contributed by atoms with Gasteiger partial charge in [-0.25, -0.2) is 4.39 Å². The summed E-state index contributed by atoms with van der Waals surface area (Å²) in [6, 6.07) is 13.0. The molecule has 1 heterocycles. The van der Waals surface area contributed by atoms with Crippen molar-refractivity contribution in [2.24, 2.45) is 10.2 Å². The van der Waals surface area contributed by atoms with Gasteiger partial charge in [0.25, 0.3) is 0 Å². The van der Waals surface area contributed by atoms with Crippen LogP contribution in [0.5, 0.6) is 0 Å². The quantitative estimate of drug-likeness (QED) is 0.572. The molecule has 2 amide bonds. The van der Waals surface area contributed by atoms with Crippen molar-refractivity contribution >= 4 is 51.7 Å². The molecule has 6 nitrogen and oxygen atoms in total. The fourth-order valence-electron chi connectivity index (χ4n) is 2.39. The number of benzene rings is 2.